The summed E-state index contributed by atoms with van der Waals surface area (Å²) in [5, 5.41) is 3.12. The number of hydrogen-bond acceptors (Lipinski definition) is 2. The molecule has 0 radical (unpaired) electrons. The molecule has 0 aromatic heterocycles. The van der Waals surface area contributed by atoms with Gasteiger partial charge in [0.05, 0.1) is 5.54 Å². The lowest BCUT2D eigenvalue weighted by molar-refractivity contribution is -0.153. The van der Waals surface area contributed by atoms with Crippen LogP contribution in [-0.4, -0.2) is 35.3 Å². The first-order valence-electron chi connectivity index (χ1n) is 12.4. The molecule has 2 aliphatic carbocycles. The van der Waals surface area contributed by atoms with E-state index in [1.807, 2.05) is 71.6 Å². The Bertz CT molecular complexity index is 778. The van der Waals surface area contributed by atoms with Crippen LogP contribution in [0.15, 0.2) is 46.5 Å². The molecule has 2 amide bonds. The van der Waals surface area contributed by atoms with Crippen molar-refractivity contribution in [1.29, 1.82) is 0 Å². The molecule has 4 aliphatic rings. The van der Waals surface area contributed by atoms with Gasteiger partial charge in [0, 0.05) is 29.4 Å². The minimum Gasteiger partial charge on any atom is -0.347 e. The van der Waals surface area contributed by atoms with E-state index in [0.29, 0.717) is 17.7 Å². The van der Waals surface area contributed by atoms with Crippen molar-refractivity contribution in [2.24, 2.45) is 23.7 Å². The van der Waals surface area contributed by atoms with Crippen LogP contribution < -0.4 is 5.32 Å². The van der Waals surface area contributed by atoms with E-state index in [1.54, 1.807) is 0 Å². The lowest BCUT2D eigenvalue weighted by Crippen LogP contribution is -2.62. The maximum absolute atomic E-state index is 12.5. The molecule has 5 heteroatoms. The van der Waals surface area contributed by atoms with Crippen LogP contribution >= 0.6 is 15.9 Å². The van der Waals surface area contributed by atoms with Gasteiger partial charge in [-0.15, -0.1) is 0 Å². The van der Waals surface area contributed by atoms with E-state index in [1.165, 1.54) is 5.57 Å². The van der Waals surface area contributed by atoms with Crippen LogP contribution in [-0.2, 0) is 9.59 Å². The molecule has 3 atom stereocenters. The second kappa shape index (κ2) is 13.3. The van der Waals surface area contributed by atoms with Crippen molar-refractivity contribution in [3.63, 3.8) is 0 Å². The average molecular weight is 522 g/mol. The molecule has 1 N–H and O–H groups in total. The van der Waals surface area contributed by atoms with E-state index >= 15 is 0 Å². The van der Waals surface area contributed by atoms with Crippen molar-refractivity contribution < 1.29 is 9.59 Å². The van der Waals surface area contributed by atoms with Gasteiger partial charge in [0.25, 0.3) is 0 Å². The topological polar surface area (TPSA) is 49.4 Å². The van der Waals surface area contributed by atoms with E-state index < -0.39 is 0 Å². The van der Waals surface area contributed by atoms with Crippen LogP contribution in [0.2, 0.25) is 0 Å². The van der Waals surface area contributed by atoms with Crippen LogP contribution in [0.4, 0.5) is 0 Å². The Hall–Kier alpha value is -1.62. The summed E-state index contributed by atoms with van der Waals surface area (Å²) in [6.45, 7) is 21.5. The number of piperidine rings is 2. The molecule has 186 valence electrons. The first kappa shape index (κ1) is 29.4. The summed E-state index contributed by atoms with van der Waals surface area (Å²) < 4.78 is 1.15. The summed E-state index contributed by atoms with van der Waals surface area (Å²) in [5.41, 5.74) is 1.87. The number of carbonyl (C=O) groups is 2. The molecule has 2 saturated heterocycles. The van der Waals surface area contributed by atoms with E-state index in [0.717, 1.165) is 42.4 Å². The fourth-order valence-electron chi connectivity index (χ4n) is 4.03. The minimum atomic E-state index is -0.357. The Morgan fingerprint density at radius 1 is 1.09 bits per heavy atom. The van der Waals surface area contributed by atoms with Gasteiger partial charge in [-0.25, -0.2) is 0 Å². The van der Waals surface area contributed by atoms with Gasteiger partial charge < -0.3 is 10.2 Å². The predicted molar refractivity (Wildman–Crippen MR) is 144 cm³/mol. The summed E-state index contributed by atoms with van der Waals surface area (Å²) in [7, 11) is 0. The normalized spacial score (nSPS) is 24.6. The fraction of sp³-hybridized carbons (Fsp3) is 0.643. The fourth-order valence-corrected chi connectivity index (χ4v) is 4.41. The number of fused-ring (bicyclic) bond motifs is 2. The molecule has 1 unspecified atom stereocenters. The van der Waals surface area contributed by atoms with Crippen LogP contribution in [0.1, 0.15) is 74.7 Å². The number of carbonyl (C=O) groups excluding carboxylic acids is 2. The van der Waals surface area contributed by atoms with Gasteiger partial charge >= 0.3 is 0 Å². The number of nitrogens with one attached hydrogen (secondary N) is 1. The van der Waals surface area contributed by atoms with Crippen LogP contribution in [0.3, 0.4) is 0 Å². The highest BCUT2D eigenvalue weighted by Gasteiger charge is 2.52. The van der Waals surface area contributed by atoms with Gasteiger partial charge in [0.15, 0.2) is 0 Å². The van der Waals surface area contributed by atoms with Gasteiger partial charge in [-0.1, -0.05) is 60.2 Å². The Morgan fingerprint density at radius 2 is 1.64 bits per heavy atom. The zero-order chi connectivity index (χ0) is 25.3. The van der Waals surface area contributed by atoms with Gasteiger partial charge in [0.2, 0.25) is 11.8 Å². The number of amides is 2. The number of allylic oxidation sites excluding steroid dienone is 6. The van der Waals surface area contributed by atoms with Crippen LogP contribution in [0, 0.1) is 23.7 Å². The third kappa shape index (κ3) is 8.27. The molecule has 4 rings (SSSR count). The molecule has 2 bridgehead atoms. The summed E-state index contributed by atoms with van der Waals surface area (Å²) >= 11 is 3.45. The second-order valence-electron chi connectivity index (χ2n) is 9.71. The Labute approximate surface area is 210 Å². The highest BCUT2D eigenvalue weighted by Crippen LogP contribution is 2.47. The van der Waals surface area contributed by atoms with E-state index in [9.17, 15) is 9.59 Å². The summed E-state index contributed by atoms with van der Waals surface area (Å²) in [6, 6.07) is 0. The van der Waals surface area contributed by atoms with Gasteiger partial charge in [-0.2, -0.15) is 0 Å². The number of rotatable bonds is 6. The number of nitrogens with zero attached hydrogens (tertiary/aromatic N) is 1. The molecule has 4 fully saturated rings. The summed E-state index contributed by atoms with van der Waals surface area (Å²) in [5.74, 6) is 1.55. The third-order valence-electron chi connectivity index (χ3n) is 6.82. The highest BCUT2D eigenvalue weighted by atomic mass is 79.9. The molecular weight excluding hydrogens is 476 g/mol. The maximum atomic E-state index is 12.5. The first-order chi connectivity index (χ1) is 15.5. The third-order valence-corrected chi connectivity index (χ3v) is 7.71. The van der Waals surface area contributed by atoms with E-state index in [-0.39, 0.29) is 23.3 Å². The zero-order valence-corrected chi connectivity index (χ0v) is 23.6. The van der Waals surface area contributed by atoms with Crippen LogP contribution in [0.5, 0.6) is 0 Å². The molecule has 0 aromatic carbocycles. The smallest absolute Gasteiger partial charge is 0.225 e. The van der Waals surface area contributed by atoms with Gasteiger partial charge in [0.1, 0.15) is 0 Å². The number of hydrogen-bond donors (Lipinski definition) is 1. The molecule has 33 heavy (non-hydrogen) atoms. The first-order valence-corrected chi connectivity index (χ1v) is 13.2. The molecular formula is C28H45BrN2O2. The molecule has 2 heterocycles. The quantitative estimate of drug-likeness (QED) is 0.309. The van der Waals surface area contributed by atoms with Crippen molar-refractivity contribution in [1.82, 2.24) is 10.2 Å². The summed E-state index contributed by atoms with van der Waals surface area (Å²) in [6.07, 6.45) is 11.3. The van der Waals surface area contributed by atoms with Crippen molar-refractivity contribution in [2.45, 2.75) is 80.2 Å². The largest absolute Gasteiger partial charge is 0.347 e. The molecule has 4 nitrogen and oxygen atoms in total. The minimum absolute atomic E-state index is 0.0897. The number of halogens is 1. The van der Waals surface area contributed by atoms with Crippen molar-refractivity contribution in [2.75, 3.05) is 13.1 Å². The standard InChI is InChI=1S/C17H26N2O2.C9H13Br.C2H6/c1-10(2)17(3,4)18-15(20)14-12-7-13(14)9-19(8-12)16(21)11-5-6-11;1-4-6-7-9(10)8(3)5-2;1-2/h11-14H,1,5-9H2,2-4H3,(H,18,20);4-7H,1-3H3;1-2H3/b;6-4-,8-5+,9-7+;/t12-,13+,14?;;. The summed E-state index contributed by atoms with van der Waals surface area (Å²) in [4.78, 5) is 26.7. The van der Waals surface area contributed by atoms with Gasteiger partial charge in [-0.05, 0) is 84.3 Å². The highest BCUT2D eigenvalue weighted by molar-refractivity contribution is 9.12. The molecule has 2 aliphatic heterocycles. The average Bonchev–Trinajstić information content (AvgIpc) is 3.63. The molecule has 2 saturated carbocycles. The lowest BCUT2D eigenvalue weighted by Gasteiger charge is -2.53. The van der Waals surface area contributed by atoms with Crippen molar-refractivity contribution in [3.8, 4) is 0 Å². The zero-order valence-electron chi connectivity index (χ0n) is 22.0. The van der Waals surface area contributed by atoms with Crippen molar-refractivity contribution in [3.05, 3.63) is 46.5 Å². The van der Waals surface area contributed by atoms with E-state index in [4.69, 9.17) is 0 Å². The van der Waals surface area contributed by atoms with Crippen LogP contribution in [0.25, 0.3) is 0 Å². The SMILES string of the molecule is C=C(C)C(C)(C)NC(=O)C1[C@@H]2C[C@H]1CN(C(=O)C1CC1)C2.CC.C\C=C/C=C(Br)\C(C)=C\C. The van der Waals surface area contributed by atoms with Gasteiger partial charge in [-0.3, -0.25) is 9.59 Å². The molecule has 0 aromatic rings. The predicted octanol–water partition coefficient (Wildman–Crippen LogP) is 6.80. The maximum Gasteiger partial charge on any atom is 0.225 e. The Morgan fingerprint density at radius 3 is 2.06 bits per heavy atom. The lowest BCUT2D eigenvalue weighted by atomic mass is 9.61. The Balaban J connectivity index is 0.000000386. The Kier molecular flexibility index (Phi) is 11.9. The second-order valence-corrected chi connectivity index (χ2v) is 10.6. The monoisotopic (exact) mass is 520 g/mol. The van der Waals surface area contributed by atoms with E-state index in [2.05, 4.69) is 40.8 Å². The molecule has 0 spiro atoms. The van der Waals surface area contributed by atoms with Crippen molar-refractivity contribution >= 4 is 27.7 Å².